The van der Waals surface area contributed by atoms with Gasteiger partial charge in [0.15, 0.2) is 0 Å². The smallest absolute Gasteiger partial charge is 0.401 e. The van der Waals surface area contributed by atoms with Crippen molar-refractivity contribution in [3.8, 4) is 34.4 Å². The third-order valence-corrected chi connectivity index (χ3v) is 17.2. The molecule has 1 aromatic carbocycles. The lowest BCUT2D eigenvalue weighted by atomic mass is 9.78. The van der Waals surface area contributed by atoms with Crippen LogP contribution in [0.1, 0.15) is 95.2 Å². The van der Waals surface area contributed by atoms with Crippen molar-refractivity contribution in [3.05, 3.63) is 51.6 Å². The molecule has 9 heterocycles. The maximum absolute atomic E-state index is 14.8. The Kier molecular flexibility index (Phi) is 15.0. The second-order valence-corrected chi connectivity index (χ2v) is 23.8. The lowest BCUT2D eigenvalue weighted by molar-refractivity contribution is -0.156. The second-order valence-electron chi connectivity index (χ2n) is 22.9. The quantitative estimate of drug-likeness (QED) is 0.150. The third-order valence-electron chi connectivity index (χ3n) is 16.3. The number of hydrazine groups is 1. The van der Waals surface area contributed by atoms with Gasteiger partial charge in [-0.05, 0) is 93.5 Å². The van der Waals surface area contributed by atoms with E-state index in [1.54, 1.807) is 30.0 Å². The van der Waals surface area contributed by atoms with Crippen LogP contribution in [0.2, 0.25) is 0 Å². The Bertz CT molecular complexity index is 3040. The van der Waals surface area contributed by atoms with Gasteiger partial charge in [-0.1, -0.05) is 33.6 Å². The van der Waals surface area contributed by atoms with Crippen molar-refractivity contribution in [2.45, 2.75) is 123 Å². The SMILES string of the molecule is CC#CC(=O)N1CC2(CCN([C@H](C(=O)N[C@H]3Cc4nc(cs4)-c4cc5c6c(c4)c(c(-c4cc(N7CCN(CC(F)(F)F)CC7)cnc4[C@H](C)OC)n6CCC5)CC(C)(C)COC(=O)[C@@H]4CCCN(N4)C3=O)C(C)C)C2=O)C1. The molecule has 6 aliphatic heterocycles. The molecule has 6 aliphatic rings. The molecule has 1 spiro atoms. The molecule has 2 N–H and O–H groups in total. The lowest BCUT2D eigenvalue weighted by Crippen LogP contribution is -2.64. The monoisotopic (exact) mass is 1080 g/mol. The highest BCUT2D eigenvalue weighted by molar-refractivity contribution is 7.10. The standard InChI is InChI=1S/C56H69F3N10O7S/c1-8-11-45(70)66-29-55(30-66)14-17-68(53(55)74)47(33(2)3)50(71)62-42-25-44-61-43(28-77-44)36-22-35-12-9-15-67-48(35)38(23-36)40(26-54(5,6)32-76-52(73)41-13-10-16-69(63-41)51(42)72)49(67)39-24-37(27-60-46(39)34(4)75-7)65-20-18-64(19-21-65)31-56(57,58)59/h22-24,27-28,33-34,41-42,47,63H,9-10,12-21,25-26,29-32H2,1-7H3,(H,62,71)/t34-,41-,42-,47-/m0/s1. The minimum absolute atomic E-state index is 0.0387. The zero-order chi connectivity index (χ0) is 54.7. The summed E-state index contributed by atoms with van der Waals surface area (Å²) in [4.78, 5) is 87.3. The third kappa shape index (κ3) is 10.8. The molecular formula is C56H69F3N10O7S. The average Bonchev–Trinajstić information content (AvgIpc) is 4.20. The number of halogens is 3. The zero-order valence-corrected chi connectivity index (χ0v) is 45.8. The summed E-state index contributed by atoms with van der Waals surface area (Å²) in [5.41, 5.74) is 9.95. The lowest BCUT2D eigenvalue weighted by Gasteiger charge is -2.46. The van der Waals surface area contributed by atoms with E-state index in [9.17, 15) is 37.1 Å². The molecule has 77 heavy (non-hydrogen) atoms. The number of benzene rings is 1. The predicted molar refractivity (Wildman–Crippen MR) is 284 cm³/mol. The molecule has 4 saturated heterocycles. The van der Waals surface area contributed by atoms with Crippen molar-refractivity contribution in [1.82, 2.24) is 45.0 Å². The minimum atomic E-state index is -4.28. The van der Waals surface area contributed by atoms with E-state index in [0.717, 1.165) is 69.6 Å². The maximum atomic E-state index is 14.8. The van der Waals surface area contributed by atoms with Gasteiger partial charge in [-0.15, -0.1) is 11.3 Å². The van der Waals surface area contributed by atoms with Crippen molar-refractivity contribution in [2.75, 3.05) is 77.5 Å². The number of nitrogens with zero attached hydrogens (tertiary/aromatic N) is 8. The number of carbonyl (C=O) groups is 5. The summed E-state index contributed by atoms with van der Waals surface area (Å²) in [6, 6.07) is 3.60. The van der Waals surface area contributed by atoms with Crippen LogP contribution >= 0.6 is 11.3 Å². The number of amides is 4. The van der Waals surface area contributed by atoms with Gasteiger partial charge in [-0.25, -0.2) is 10.4 Å². The van der Waals surface area contributed by atoms with Gasteiger partial charge in [0.1, 0.15) is 18.1 Å². The summed E-state index contributed by atoms with van der Waals surface area (Å²) in [5, 5.41) is 8.07. The molecule has 0 aliphatic carbocycles. The van der Waals surface area contributed by atoms with E-state index in [1.807, 2.05) is 26.2 Å². The minimum Gasteiger partial charge on any atom is -0.464 e. The van der Waals surface area contributed by atoms with Gasteiger partial charge in [0.2, 0.25) is 11.8 Å². The Hall–Kier alpha value is -6.08. The number of nitrogens with one attached hydrogen (secondary N) is 2. The van der Waals surface area contributed by atoms with Gasteiger partial charge >= 0.3 is 12.1 Å². The number of cyclic esters (lactones) is 1. The molecular weight excluding hydrogens is 1010 g/mol. The first-order valence-electron chi connectivity index (χ1n) is 26.9. The number of thiazole rings is 1. The first-order valence-corrected chi connectivity index (χ1v) is 27.8. The van der Waals surface area contributed by atoms with Gasteiger partial charge in [-0.2, -0.15) is 13.2 Å². The Morgan fingerprint density at radius 3 is 2.51 bits per heavy atom. The fourth-order valence-corrected chi connectivity index (χ4v) is 13.2. The number of aryl methyl sites for hydroxylation is 2. The number of fused-ring (bicyclic) bond motifs is 6. The molecule has 10 rings (SSSR count). The van der Waals surface area contributed by atoms with Crippen LogP contribution in [0, 0.1) is 28.6 Å². The molecule has 0 unspecified atom stereocenters. The van der Waals surface area contributed by atoms with Crippen LogP contribution in [0.4, 0.5) is 18.9 Å². The molecule has 3 aromatic heterocycles. The number of esters is 1. The number of aromatic nitrogens is 3. The van der Waals surface area contributed by atoms with Gasteiger partial charge in [0.25, 0.3) is 11.8 Å². The van der Waals surface area contributed by atoms with E-state index in [1.165, 1.54) is 21.2 Å². The first kappa shape index (κ1) is 54.3. The van der Waals surface area contributed by atoms with Crippen LogP contribution in [0.3, 0.4) is 0 Å². The number of piperazine rings is 1. The van der Waals surface area contributed by atoms with Crippen molar-refractivity contribution >= 4 is 57.5 Å². The molecule has 4 atom stereocenters. The number of hydrogen-bond donors (Lipinski definition) is 2. The van der Waals surface area contributed by atoms with Gasteiger partial charge in [-0.3, -0.25) is 38.9 Å². The molecule has 412 valence electrons. The zero-order valence-electron chi connectivity index (χ0n) is 45.0. The Labute approximate surface area is 451 Å². The number of hydrogen-bond acceptors (Lipinski definition) is 13. The maximum Gasteiger partial charge on any atom is 0.401 e. The van der Waals surface area contributed by atoms with E-state index in [4.69, 9.17) is 19.4 Å². The first-order chi connectivity index (χ1) is 36.7. The molecule has 21 heteroatoms. The number of alkyl halides is 3. The van der Waals surface area contributed by atoms with Crippen molar-refractivity contribution in [2.24, 2.45) is 16.7 Å². The number of pyridine rings is 1. The fraction of sp³-hybridized carbons (Fsp3) is 0.589. The number of methoxy groups -OCH3 is 1. The number of likely N-dealkylation sites (tertiary alicyclic amines) is 2. The number of anilines is 1. The van der Waals surface area contributed by atoms with Gasteiger partial charge < -0.3 is 34.1 Å². The average molecular weight is 1080 g/mol. The van der Waals surface area contributed by atoms with Crippen LogP contribution in [0.5, 0.6) is 0 Å². The number of carbonyl (C=O) groups excluding carboxylic acids is 5. The molecule has 6 bridgehead atoms. The molecule has 0 saturated carbocycles. The summed E-state index contributed by atoms with van der Waals surface area (Å²) in [5.74, 6) is 2.89. The fourth-order valence-electron chi connectivity index (χ4n) is 12.4. The van der Waals surface area contributed by atoms with Crippen molar-refractivity contribution in [3.63, 3.8) is 0 Å². The number of rotatable bonds is 9. The Morgan fingerprint density at radius 2 is 1.79 bits per heavy atom. The van der Waals surface area contributed by atoms with Gasteiger partial charge in [0.05, 0.1) is 64.2 Å². The summed E-state index contributed by atoms with van der Waals surface area (Å²) < 4.78 is 54.7. The highest BCUT2D eigenvalue weighted by Gasteiger charge is 2.58. The molecule has 4 aromatic rings. The summed E-state index contributed by atoms with van der Waals surface area (Å²) >= 11 is 1.39. The number of ether oxygens (including phenoxy) is 2. The topological polar surface area (TPSA) is 175 Å². The predicted octanol–water partition coefficient (Wildman–Crippen LogP) is 5.92. The van der Waals surface area contributed by atoms with E-state index >= 15 is 0 Å². The van der Waals surface area contributed by atoms with Crippen molar-refractivity contribution < 1.29 is 46.6 Å². The van der Waals surface area contributed by atoms with Gasteiger partial charge in [0, 0.05) is 99.7 Å². The van der Waals surface area contributed by atoms with Crippen molar-refractivity contribution in [1.29, 1.82) is 0 Å². The van der Waals surface area contributed by atoms with Crippen LogP contribution < -0.4 is 15.6 Å². The van der Waals surface area contributed by atoms with E-state index in [0.29, 0.717) is 56.0 Å². The molecule has 17 nitrogen and oxygen atoms in total. The Balaban J connectivity index is 1.02. The Morgan fingerprint density at radius 1 is 1.03 bits per heavy atom. The van der Waals surface area contributed by atoms with Crippen LogP contribution in [0.15, 0.2) is 29.8 Å². The second kappa shape index (κ2) is 21.3. The normalized spacial score (nSPS) is 22.6. The molecule has 4 fully saturated rings. The molecule has 4 amide bonds. The molecule has 0 radical (unpaired) electrons. The summed E-state index contributed by atoms with van der Waals surface area (Å²) in [7, 11) is 1.64. The summed E-state index contributed by atoms with van der Waals surface area (Å²) in [6.07, 6.45) is 0.689. The highest BCUT2D eigenvalue weighted by Crippen LogP contribution is 2.46. The van der Waals surface area contributed by atoms with E-state index in [-0.39, 0.29) is 63.5 Å². The van der Waals surface area contributed by atoms with E-state index < -0.39 is 65.6 Å². The van der Waals surface area contributed by atoms with Crippen LogP contribution in [0.25, 0.3) is 33.4 Å². The summed E-state index contributed by atoms with van der Waals surface area (Å²) in [6.45, 7) is 13.6. The highest BCUT2D eigenvalue weighted by atomic mass is 32.1. The van der Waals surface area contributed by atoms with Crippen LogP contribution in [-0.2, 0) is 59.3 Å². The largest absolute Gasteiger partial charge is 0.464 e. The van der Waals surface area contributed by atoms with Crippen LogP contribution in [-0.4, -0.2) is 161 Å². The van der Waals surface area contributed by atoms with E-state index in [2.05, 4.69) is 64.1 Å².